The molecular weight excluding hydrogens is 146 g/mol. The Labute approximate surface area is 62.0 Å². The second-order valence-corrected chi connectivity index (χ2v) is 2.56. The summed E-state index contributed by atoms with van der Waals surface area (Å²) in [7, 11) is 0. The monoisotopic (exact) mass is 150 g/mol. The van der Waals surface area contributed by atoms with Gasteiger partial charge in [-0.25, -0.2) is 9.97 Å². The first kappa shape index (κ1) is 5.61. The predicted molar refractivity (Wildman–Crippen MR) is 38.1 cm³/mol. The first-order chi connectivity index (χ1) is 4.97. The minimum atomic E-state index is 1.04. The van der Waals surface area contributed by atoms with Crippen LogP contribution in [0.3, 0.4) is 0 Å². The largest absolute Gasteiger partial charge is 0.296 e. The van der Waals surface area contributed by atoms with Crippen LogP contribution in [0.1, 0.15) is 0 Å². The molecule has 0 aromatic carbocycles. The molecule has 0 bridgehead atoms. The van der Waals surface area contributed by atoms with Gasteiger partial charge in [-0.15, -0.1) is 0 Å². The van der Waals surface area contributed by atoms with Crippen LogP contribution >= 0.6 is 11.3 Å². The zero-order valence-corrected chi connectivity index (χ0v) is 5.88. The number of rotatable bonds is 1. The van der Waals surface area contributed by atoms with Crippen molar-refractivity contribution < 1.29 is 0 Å². The molecule has 10 heavy (non-hydrogen) atoms. The summed E-state index contributed by atoms with van der Waals surface area (Å²) in [6.45, 7) is 0. The van der Waals surface area contributed by atoms with E-state index in [-0.39, 0.29) is 0 Å². The van der Waals surface area contributed by atoms with Gasteiger partial charge in [0, 0.05) is 12.4 Å². The van der Waals surface area contributed by atoms with Crippen molar-refractivity contribution in [2.75, 3.05) is 0 Å². The Morgan fingerprint density at radius 1 is 1.60 bits per heavy atom. The van der Waals surface area contributed by atoms with E-state index < -0.39 is 0 Å². The third-order valence-electron chi connectivity index (χ3n) is 1.14. The molecule has 0 saturated heterocycles. The first-order valence-corrected chi connectivity index (χ1v) is 3.58. The van der Waals surface area contributed by atoms with E-state index in [4.69, 9.17) is 0 Å². The summed E-state index contributed by atoms with van der Waals surface area (Å²) in [6, 6.07) is 0. The van der Waals surface area contributed by atoms with Crippen LogP contribution in [-0.2, 0) is 0 Å². The summed E-state index contributed by atoms with van der Waals surface area (Å²) in [4.78, 5) is 7.73. The third-order valence-corrected chi connectivity index (χ3v) is 1.86. The molecule has 0 aliphatic heterocycles. The number of hydrogen-bond donors (Lipinski definition) is 0. The molecular formula is C6H4N3S. The van der Waals surface area contributed by atoms with E-state index in [9.17, 15) is 0 Å². The maximum absolute atomic E-state index is 3.91. The van der Waals surface area contributed by atoms with Crippen LogP contribution in [0, 0.1) is 5.51 Å². The van der Waals surface area contributed by atoms with E-state index in [1.54, 1.807) is 18.7 Å². The Morgan fingerprint density at radius 3 is 3.20 bits per heavy atom. The van der Waals surface area contributed by atoms with E-state index in [1.165, 1.54) is 11.3 Å². The van der Waals surface area contributed by atoms with Crippen molar-refractivity contribution in [3.63, 3.8) is 0 Å². The molecule has 0 aliphatic rings. The van der Waals surface area contributed by atoms with Gasteiger partial charge in [0.2, 0.25) is 0 Å². The van der Waals surface area contributed by atoms with Crippen molar-refractivity contribution in [1.82, 2.24) is 14.5 Å². The molecule has 3 nitrogen and oxygen atoms in total. The van der Waals surface area contributed by atoms with E-state index in [0.29, 0.717) is 0 Å². The predicted octanol–water partition coefficient (Wildman–Crippen LogP) is 1.13. The quantitative estimate of drug-likeness (QED) is 0.610. The Kier molecular flexibility index (Phi) is 1.25. The number of aromatic nitrogens is 3. The average Bonchev–Trinajstić information content (AvgIpc) is 2.59. The van der Waals surface area contributed by atoms with Crippen LogP contribution in [0.15, 0.2) is 24.9 Å². The number of imidazole rings is 1. The summed E-state index contributed by atoms with van der Waals surface area (Å²) < 4.78 is 1.90. The van der Waals surface area contributed by atoms with Crippen LogP contribution in [0.4, 0.5) is 0 Å². The number of hydrogen-bond acceptors (Lipinski definition) is 3. The molecule has 49 valence electrons. The van der Waals surface area contributed by atoms with Crippen molar-refractivity contribution in [1.29, 1.82) is 0 Å². The summed E-state index contributed by atoms with van der Waals surface area (Å²) >= 11 is 1.47. The Bertz CT molecular complexity index is 252. The summed E-state index contributed by atoms with van der Waals surface area (Å²) in [5.74, 6) is 0. The third kappa shape index (κ3) is 0.823. The number of thiazole rings is 1. The first-order valence-electron chi connectivity index (χ1n) is 2.77. The van der Waals surface area contributed by atoms with Crippen LogP contribution in [0.2, 0.25) is 0 Å². The van der Waals surface area contributed by atoms with Gasteiger partial charge in [-0.3, -0.25) is 4.57 Å². The molecule has 1 radical (unpaired) electrons. The average molecular weight is 150 g/mol. The second kappa shape index (κ2) is 2.22. The van der Waals surface area contributed by atoms with E-state index in [2.05, 4.69) is 15.5 Å². The maximum Gasteiger partial charge on any atom is 0.154 e. The molecule has 0 amide bonds. The zero-order chi connectivity index (χ0) is 6.81. The zero-order valence-electron chi connectivity index (χ0n) is 5.06. The Balaban J connectivity index is 2.48. The van der Waals surface area contributed by atoms with E-state index in [1.807, 2.05) is 10.8 Å². The molecule has 2 heterocycles. The van der Waals surface area contributed by atoms with Crippen molar-refractivity contribution in [2.45, 2.75) is 0 Å². The van der Waals surface area contributed by atoms with Gasteiger partial charge in [-0.2, -0.15) is 0 Å². The highest BCUT2D eigenvalue weighted by Crippen LogP contribution is 2.09. The minimum absolute atomic E-state index is 1.04. The Morgan fingerprint density at radius 2 is 2.60 bits per heavy atom. The molecule has 0 aliphatic carbocycles. The van der Waals surface area contributed by atoms with Gasteiger partial charge in [-0.05, 0) is 0 Å². The van der Waals surface area contributed by atoms with Crippen molar-refractivity contribution in [2.24, 2.45) is 0 Å². The molecule has 0 unspecified atom stereocenters. The normalized spacial score (nSPS) is 10.0. The number of nitrogens with zero attached hydrogens (tertiary/aromatic N) is 3. The van der Waals surface area contributed by atoms with Crippen LogP contribution in [0.25, 0.3) is 5.00 Å². The fourth-order valence-corrected chi connectivity index (χ4v) is 1.21. The van der Waals surface area contributed by atoms with Gasteiger partial charge in [0.1, 0.15) is 5.00 Å². The molecule has 0 spiro atoms. The smallest absolute Gasteiger partial charge is 0.154 e. The fraction of sp³-hybridized carbons (Fsp3) is 0. The van der Waals surface area contributed by atoms with Gasteiger partial charge in [0.15, 0.2) is 5.51 Å². The lowest BCUT2D eigenvalue weighted by Gasteiger charge is -1.90. The molecule has 0 N–H and O–H groups in total. The highest BCUT2D eigenvalue weighted by atomic mass is 32.1. The van der Waals surface area contributed by atoms with Gasteiger partial charge >= 0.3 is 0 Å². The van der Waals surface area contributed by atoms with Gasteiger partial charge in [-0.1, -0.05) is 11.3 Å². The molecule has 2 aromatic heterocycles. The fourth-order valence-electron chi connectivity index (χ4n) is 0.690. The van der Waals surface area contributed by atoms with Crippen molar-refractivity contribution in [3.05, 3.63) is 30.4 Å². The highest BCUT2D eigenvalue weighted by Gasteiger charge is 1.93. The molecule has 0 fully saturated rings. The topological polar surface area (TPSA) is 30.7 Å². The molecule has 0 atom stereocenters. The maximum atomic E-state index is 3.91. The lowest BCUT2D eigenvalue weighted by Crippen LogP contribution is -1.82. The highest BCUT2D eigenvalue weighted by molar-refractivity contribution is 7.11. The minimum Gasteiger partial charge on any atom is -0.296 e. The van der Waals surface area contributed by atoms with Crippen LogP contribution in [0.5, 0.6) is 0 Å². The summed E-state index contributed by atoms with van der Waals surface area (Å²) in [5, 5.41) is 1.04. The molecule has 2 aromatic rings. The van der Waals surface area contributed by atoms with Crippen LogP contribution < -0.4 is 0 Å². The van der Waals surface area contributed by atoms with Crippen LogP contribution in [-0.4, -0.2) is 14.5 Å². The van der Waals surface area contributed by atoms with E-state index >= 15 is 0 Å². The summed E-state index contributed by atoms with van der Waals surface area (Å²) in [5.41, 5.74) is 2.76. The van der Waals surface area contributed by atoms with Gasteiger partial charge < -0.3 is 0 Å². The standard InChI is InChI=1S/C6H4N3S/c1-2-9(4-7-1)6-3-8-5-10-6/h1-4H. The van der Waals surface area contributed by atoms with Crippen molar-refractivity contribution in [3.8, 4) is 5.00 Å². The second-order valence-electron chi connectivity index (χ2n) is 1.76. The SMILES string of the molecule is [c]1ncc(-n2ccnc2)s1. The Hall–Kier alpha value is -1.16. The van der Waals surface area contributed by atoms with Gasteiger partial charge in [0.05, 0.1) is 12.5 Å². The lowest BCUT2D eigenvalue weighted by atomic mass is 10.8. The molecule has 4 heteroatoms. The molecule has 0 saturated carbocycles. The van der Waals surface area contributed by atoms with Crippen molar-refractivity contribution >= 4 is 11.3 Å². The van der Waals surface area contributed by atoms with E-state index in [0.717, 1.165) is 5.00 Å². The van der Waals surface area contributed by atoms with Gasteiger partial charge in [0.25, 0.3) is 0 Å². The lowest BCUT2D eigenvalue weighted by molar-refractivity contribution is 1.08. The summed E-state index contributed by atoms with van der Waals surface area (Å²) in [6.07, 6.45) is 7.11. The molecule has 2 rings (SSSR count).